The molecular weight excluding hydrogens is 401 g/mol. The van der Waals surface area contributed by atoms with Gasteiger partial charge in [0, 0.05) is 22.3 Å². The third-order valence-corrected chi connectivity index (χ3v) is 4.26. The summed E-state index contributed by atoms with van der Waals surface area (Å²) in [5.74, 6) is 0. The van der Waals surface area contributed by atoms with Crippen LogP contribution in [0.3, 0.4) is 0 Å². The van der Waals surface area contributed by atoms with Gasteiger partial charge in [-0.1, -0.05) is 31.2 Å². The predicted octanol–water partition coefficient (Wildman–Crippen LogP) is 4.06. The number of carbonyl (C=O) groups excluding carboxylic acids is 1. The molecule has 5 heteroatoms. The molecule has 0 heterocycles. The summed E-state index contributed by atoms with van der Waals surface area (Å²) in [6.45, 7) is 4.58. The Morgan fingerprint density at radius 1 is 1.13 bits per heavy atom. The Morgan fingerprint density at radius 3 is 2.52 bits per heavy atom. The largest absolute Gasteiger partial charge is 0.334 e. The van der Waals surface area contributed by atoms with Gasteiger partial charge in [-0.05, 0) is 71.6 Å². The third-order valence-electron chi connectivity index (χ3n) is 3.54. The lowest BCUT2D eigenvalue weighted by atomic mass is 10.1. The highest BCUT2D eigenvalue weighted by Gasteiger charge is 2.03. The van der Waals surface area contributed by atoms with Gasteiger partial charge in [-0.3, -0.25) is 0 Å². The maximum absolute atomic E-state index is 11.9. The van der Waals surface area contributed by atoms with Crippen LogP contribution in [0.15, 0.2) is 48.5 Å². The van der Waals surface area contributed by atoms with Crippen LogP contribution in [0.25, 0.3) is 0 Å². The Labute approximate surface area is 151 Å². The second-order valence-corrected chi connectivity index (χ2v) is 6.71. The van der Waals surface area contributed by atoms with Crippen LogP contribution < -0.4 is 10.6 Å². The minimum Gasteiger partial charge on any atom is -0.334 e. The molecule has 0 radical (unpaired) electrons. The summed E-state index contributed by atoms with van der Waals surface area (Å²) in [4.78, 5) is 14.2. The molecule has 0 saturated carbocycles. The summed E-state index contributed by atoms with van der Waals surface area (Å²) in [5.41, 5.74) is 3.15. The molecule has 0 aromatic heterocycles. The van der Waals surface area contributed by atoms with Crippen molar-refractivity contribution in [2.75, 3.05) is 18.9 Å². The first-order valence-electron chi connectivity index (χ1n) is 7.63. The number of nitrogens with one attached hydrogen (secondary N) is 2. The van der Waals surface area contributed by atoms with Gasteiger partial charge in [0.2, 0.25) is 0 Å². The van der Waals surface area contributed by atoms with Crippen LogP contribution in [0, 0.1) is 3.57 Å². The molecule has 0 aliphatic rings. The van der Waals surface area contributed by atoms with Crippen molar-refractivity contribution in [3.8, 4) is 0 Å². The number of anilines is 1. The van der Waals surface area contributed by atoms with Crippen LogP contribution in [-0.2, 0) is 13.1 Å². The molecule has 2 aromatic rings. The van der Waals surface area contributed by atoms with Crippen molar-refractivity contribution >= 4 is 34.3 Å². The van der Waals surface area contributed by atoms with Crippen molar-refractivity contribution in [1.82, 2.24) is 10.2 Å². The first-order chi connectivity index (χ1) is 11.1. The molecule has 122 valence electrons. The summed E-state index contributed by atoms with van der Waals surface area (Å²) < 4.78 is 1.14. The molecule has 0 atom stereocenters. The molecule has 0 unspecified atom stereocenters. The number of amides is 2. The second-order valence-electron chi connectivity index (χ2n) is 5.46. The van der Waals surface area contributed by atoms with E-state index in [9.17, 15) is 4.79 Å². The molecule has 2 amide bonds. The molecule has 0 spiro atoms. The lowest BCUT2D eigenvalue weighted by molar-refractivity contribution is 0.251. The lowest BCUT2D eigenvalue weighted by Gasteiger charge is -2.14. The molecule has 0 aliphatic carbocycles. The van der Waals surface area contributed by atoms with E-state index in [1.807, 2.05) is 36.4 Å². The summed E-state index contributed by atoms with van der Waals surface area (Å²) >= 11 is 2.24. The molecule has 0 bridgehead atoms. The van der Waals surface area contributed by atoms with Crippen LogP contribution in [0.1, 0.15) is 18.1 Å². The predicted molar refractivity (Wildman–Crippen MR) is 103 cm³/mol. The van der Waals surface area contributed by atoms with Crippen LogP contribution in [-0.4, -0.2) is 24.5 Å². The minimum absolute atomic E-state index is 0.192. The number of halogens is 1. The summed E-state index contributed by atoms with van der Waals surface area (Å²) in [7, 11) is 2.10. The average molecular weight is 423 g/mol. The summed E-state index contributed by atoms with van der Waals surface area (Å²) in [6, 6.07) is 15.8. The van der Waals surface area contributed by atoms with E-state index in [-0.39, 0.29) is 6.03 Å². The van der Waals surface area contributed by atoms with Gasteiger partial charge in [-0.25, -0.2) is 4.79 Å². The molecule has 2 N–H and O–H groups in total. The highest BCUT2D eigenvalue weighted by molar-refractivity contribution is 14.1. The molecule has 0 saturated heterocycles. The number of hydrogen-bond acceptors (Lipinski definition) is 2. The van der Waals surface area contributed by atoms with E-state index in [4.69, 9.17) is 0 Å². The fourth-order valence-corrected chi connectivity index (χ4v) is 2.51. The van der Waals surface area contributed by atoms with Gasteiger partial charge in [0.05, 0.1) is 0 Å². The Bertz CT molecular complexity index is 643. The van der Waals surface area contributed by atoms with Gasteiger partial charge in [0.15, 0.2) is 0 Å². The van der Waals surface area contributed by atoms with Crippen molar-refractivity contribution in [3.05, 3.63) is 63.2 Å². The van der Waals surface area contributed by atoms with Crippen LogP contribution >= 0.6 is 22.6 Å². The monoisotopic (exact) mass is 423 g/mol. The topological polar surface area (TPSA) is 44.4 Å². The zero-order valence-corrected chi connectivity index (χ0v) is 15.6. The van der Waals surface area contributed by atoms with E-state index < -0.39 is 0 Å². The molecule has 0 aliphatic heterocycles. The zero-order valence-electron chi connectivity index (χ0n) is 13.5. The third kappa shape index (κ3) is 6.19. The molecule has 23 heavy (non-hydrogen) atoms. The van der Waals surface area contributed by atoms with Crippen LogP contribution in [0.5, 0.6) is 0 Å². The van der Waals surface area contributed by atoms with E-state index in [2.05, 4.69) is 64.2 Å². The van der Waals surface area contributed by atoms with Crippen molar-refractivity contribution in [2.45, 2.75) is 20.0 Å². The SMILES string of the molecule is CCN(C)Cc1cccc(CNC(=O)Nc2ccc(I)cc2)c1. The van der Waals surface area contributed by atoms with Gasteiger partial charge < -0.3 is 15.5 Å². The molecule has 4 nitrogen and oxygen atoms in total. The molecule has 2 rings (SSSR count). The van der Waals surface area contributed by atoms with E-state index in [0.717, 1.165) is 27.9 Å². The number of hydrogen-bond donors (Lipinski definition) is 2. The normalized spacial score (nSPS) is 10.6. The Kier molecular flexibility index (Phi) is 6.85. The number of nitrogens with zero attached hydrogens (tertiary/aromatic N) is 1. The van der Waals surface area contributed by atoms with E-state index >= 15 is 0 Å². The highest BCUT2D eigenvalue weighted by Crippen LogP contribution is 2.11. The van der Waals surface area contributed by atoms with Crippen LogP contribution in [0.2, 0.25) is 0 Å². The van der Waals surface area contributed by atoms with Gasteiger partial charge >= 0.3 is 6.03 Å². The van der Waals surface area contributed by atoms with E-state index in [1.54, 1.807) is 0 Å². The van der Waals surface area contributed by atoms with Gasteiger partial charge in [-0.2, -0.15) is 0 Å². The summed E-state index contributed by atoms with van der Waals surface area (Å²) in [6.07, 6.45) is 0. The lowest BCUT2D eigenvalue weighted by Crippen LogP contribution is -2.28. The zero-order chi connectivity index (χ0) is 16.7. The minimum atomic E-state index is -0.192. The fourth-order valence-electron chi connectivity index (χ4n) is 2.15. The average Bonchev–Trinajstić information content (AvgIpc) is 2.55. The maximum atomic E-state index is 11.9. The Morgan fingerprint density at radius 2 is 1.83 bits per heavy atom. The number of benzene rings is 2. The molecule has 2 aromatic carbocycles. The van der Waals surface area contributed by atoms with E-state index in [1.165, 1.54) is 5.56 Å². The fraction of sp³-hybridized carbons (Fsp3) is 0.278. The Balaban J connectivity index is 1.86. The highest BCUT2D eigenvalue weighted by atomic mass is 127. The van der Waals surface area contributed by atoms with Gasteiger partial charge in [0.1, 0.15) is 0 Å². The van der Waals surface area contributed by atoms with Crippen molar-refractivity contribution in [1.29, 1.82) is 0 Å². The number of urea groups is 1. The number of rotatable bonds is 6. The van der Waals surface area contributed by atoms with Gasteiger partial charge in [-0.15, -0.1) is 0 Å². The molecule has 0 fully saturated rings. The smallest absolute Gasteiger partial charge is 0.319 e. The quantitative estimate of drug-likeness (QED) is 0.689. The first kappa shape index (κ1) is 17.7. The standard InChI is InChI=1S/C18H22IN3O/c1-3-22(2)13-15-6-4-5-14(11-15)12-20-18(23)21-17-9-7-16(19)8-10-17/h4-11H,3,12-13H2,1-2H3,(H2,20,21,23). The summed E-state index contributed by atoms with van der Waals surface area (Å²) in [5, 5.41) is 5.72. The second kappa shape index (κ2) is 8.88. The molecular formula is C18H22IN3O. The number of carbonyl (C=O) groups is 1. The van der Waals surface area contributed by atoms with E-state index in [0.29, 0.717) is 6.54 Å². The van der Waals surface area contributed by atoms with Crippen LogP contribution in [0.4, 0.5) is 10.5 Å². The van der Waals surface area contributed by atoms with Gasteiger partial charge in [0.25, 0.3) is 0 Å². The first-order valence-corrected chi connectivity index (χ1v) is 8.71. The van der Waals surface area contributed by atoms with Crippen molar-refractivity contribution in [2.24, 2.45) is 0 Å². The van der Waals surface area contributed by atoms with Crippen molar-refractivity contribution in [3.63, 3.8) is 0 Å². The maximum Gasteiger partial charge on any atom is 0.319 e. The van der Waals surface area contributed by atoms with Crippen molar-refractivity contribution < 1.29 is 4.79 Å². The Hall–Kier alpha value is -1.60.